The van der Waals surface area contributed by atoms with Crippen LogP contribution in [-0.2, 0) is 18.8 Å². The van der Waals surface area contributed by atoms with E-state index in [1.165, 1.54) is 11.6 Å². The summed E-state index contributed by atoms with van der Waals surface area (Å²) in [6.07, 6.45) is 0. The molecule has 0 unspecified atom stereocenters. The van der Waals surface area contributed by atoms with Crippen molar-refractivity contribution in [3.63, 3.8) is 0 Å². The van der Waals surface area contributed by atoms with Crippen molar-refractivity contribution in [1.82, 2.24) is 14.1 Å². The van der Waals surface area contributed by atoms with Crippen LogP contribution in [0.15, 0.2) is 9.59 Å². The van der Waals surface area contributed by atoms with E-state index in [9.17, 15) is 9.59 Å². The number of nitrogens with one attached hydrogen (secondary N) is 1. The fraction of sp³-hybridized carbons (Fsp3) is 0.615. The standard InChI is InChI=1S/C13H20N4O3/c1-6-20-7-8(2)17-9(3)14-11-10(17)12(18)16(5)13(19)15(11)4/h8H,6-7H2,1-5H3/p+1/t8-/m0/s1. The average molecular weight is 281 g/mol. The lowest BCUT2D eigenvalue weighted by molar-refractivity contribution is -0.703. The van der Waals surface area contributed by atoms with Crippen LogP contribution in [0.5, 0.6) is 0 Å². The van der Waals surface area contributed by atoms with Gasteiger partial charge in [0.1, 0.15) is 6.04 Å². The summed E-state index contributed by atoms with van der Waals surface area (Å²) in [5.74, 6) is 0.825. The summed E-state index contributed by atoms with van der Waals surface area (Å²) in [4.78, 5) is 27.4. The molecule has 0 bridgehead atoms. The largest absolute Gasteiger partial charge is 0.377 e. The molecule has 2 aromatic rings. The predicted octanol–water partition coefficient (Wildman–Crippen LogP) is -0.241. The third kappa shape index (κ3) is 2.07. The summed E-state index contributed by atoms with van der Waals surface area (Å²) in [5, 5.41) is 0. The molecule has 110 valence electrons. The number of hydrogen-bond donors (Lipinski definition) is 1. The summed E-state index contributed by atoms with van der Waals surface area (Å²) in [6.45, 7) is 6.94. The highest BCUT2D eigenvalue weighted by atomic mass is 16.5. The van der Waals surface area contributed by atoms with E-state index in [1.807, 2.05) is 25.3 Å². The fourth-order valence-electron chi connectivity index (χ4n) is 2.50. The molecule has 0 radical (unpaired) electrons. The molecule has 0 aliphatic rings. The molecule has 7 nitrogen and oxygen atoms in total. The van der Waals surface area contributed by atoms with Crippen molar-refractivity contribution in [2.45, 2.75) is 26.8 Å². The second-order valence-electron chi connectivity index (χ2n) is 4.99. The maximum Gasteiger partial charge on any atom is 0.333 e. The first-order valence-corrected chi connectivity index (χ1v) is 6.67. The Labute approximate surface area is 116 Å². The van der Waals surface area contributed by atoms with Crippen LogP contribution in [0.25, 0.3) is 11.2 Å². The summed E-state index contributed by atoms with van der Waals surface area (Å²) >= 11 is 0. The van der Waals surface area contributed by atoms with E-state index in [2.05, 4.69) is 4.98 Å². The van der Waals surface area contributed by atoms with E-state index in [0.29, 0.717) is 24.4 Å². The van der Waals surface area contributed by atoms with Gasteiger partial charge < -0.3 is 4.74 Å². The van der Waals surface area contributed by atoms with Gasteiger partial charge in [0, 0.05) is 27.6 Å². The number of aryl methyl sites for hydroxylation is 2. The molecule has 0 amide bonds. The number of aromatic nitrogens is 4. The number of rotatable bonds is 4. The van der Waals surface area contributed by atoms with Crippen LogP contribution in [0.4, 0.5) is 0 Å². The molecule has 2 rings (SSSR count). The van der Waals surface area contributed by atoms with Crippen molar-refractivity contribution < 1.29 is 9.30 Å². The normalized spacial score (nSPS) is 13.1. The lowest BCUT2D eigenvalue weighted by Crippen LogP contribution is -2.47. The Morgan fingerprint density at radius 1 is 1.30 bits per heavy atom. The van der Waals surface area contributed by atoms with Gasteiger partial charge >= 0.3 is 11.2 Å². The van der Waals surface area contributed by atoms with Crippen molar-refractivity contribution in [2.75, 3.05) is 13.2 Å². The quantitative estimate of drug-likeness (QED) is 0.786. The molecule has 7 heteroatoms. The zero-order valence-electron chi connectivity index (χ0n) is 12.6. The third-order valence-corrected chi connectivity index (χ3v) is 3.55. The highest BCUT2D eigenvalue weighted by molar-refractivity contribution is 5.65. The van der Waals surface area contributed by atoms with Crippen molar-refractivity contribution in [2.24, 2.45) is 14.1 Å². The molecule has 0 spiro atoms. The van der Waals surface area contributed by atoms with Crippen LogP contribution < -0.4 is 15.8 Å². The van der Waals surface area contributed by atoms with Crippen LogP contribution >= 0.6 is 0 Å². The minimum absolute atomic E-state index is 0.00824. The lowest BCUT2D eigenvalue weighted by atomic mass is 10.3. The molecular weight excluding hydrogens is 260 g/mol. The van der Waals surface area contributed by atoms with Crippen molar-refractivity contribution in [1.29, 1.82) is 0 Å². The lowest BCUT2D eigenvalue weighted by Gasteiger charge is -2.10. The van der Waals surface area contributed by atoms with Gasteiger partial charge in [0.05, 0.1) is 6.61 Å². The smallest absolute Gasteiger partial charge is 0.333 e. The van der Waals surface area contributed by atoms with E-state index in [-0.39, 0.29) is 17.3 Å². The highest BCUT2D eigenvalue weighted by Crippen LogP contribution is 2.07. The molecule has 20 heavy (non-hydrogen) atoms. The molecule has 0 saturated carbocycles. The molecule has 0 fully saturated rings. The molecule has 0 aliphatic heterocycles. The predicted molar refractivity (Wildman–Crippen MR) is 74.9 cm³/mol. The van der Waals surface area contributed by atoms with Gasteiger partial charge in [-0.15, -0.1) is 0 Å². The van der Waals surface area contributed by atoms with Crippen LogP contribution in [0.1, 0.15) is 25.7 Å². The van der Waals surface area contributed by atoms with Crippen molar-refractivity contribution >= 4 is 11.2 Å². The molecule has 0 aliphatic carbocycles. The second-order valence-corrected chi connectivity index (χ2v) is 4.99. The van der Waals surface area contributed by atoms with Gasteiger partial charge in [-0.1, -0.05) is 0 Å². The molecular formula is C13H21N4O3+. The highest BCUT2D eigenvalue weighted by Gasteiger charge is 2.26. The average Bonchev–Trinajstić information content (AvgIpc) is 2.77. The Bertz CT molecular complexity index is 754. The van der Waals surface area contributed by atoms with Crippen LogP contribution in [-0.4, -0.2) is 27.3 Å². The Hall–Kier alpha value is -1.89. The molecule has 0 aromatic carbocycles. The SMILES string of the molecule is CCOC[C@H](C)[n+]1c(C)[nH]c2c1c(=O)n(C)c(=O)n2C. The van der Waals surface area contributed by atoms with Gasteiger partial charge in [0.2, 0.25) is 0 Å². The Morgan fingerprint density at radius 2 is 1.95 bits per heavy atom. The van der Waals surface area contributed by atoms with E-state index in [4.69, 9.17) is 4.74 Å². The number of imidazole rings is 1. The summed E-state index contributed by atoms with van der Waals surface area (Å²) < 4.78 is 9.91. The zero-order chi connectivity index (χ0) is 15.0. The van der Waals surface area contributed by atoms with Gasteiger partial charge in [-0.25, -0.2) is 14.3 Å². The molecule has 2 aromatic heterocycles. The first-order valence-electron chi connectivity index (χ1n) is 6.67. The monoisotopic (exact) mass is 281 g/mol. The summed E-state index contributed by atoms with van der Waals surface area (Å²) in [6, 6.07) is 0.00824. The van der Waals surface area contributed by atoms with E-state index >= 15 is 0 Å². The molecule has 2 heterocycles. The Balaban J connectivity index is 2.77. The molecule has 0 saturated heterocycles. The topological polar surface area (TPSA) is 72.9 Å². The number of ether oxygens (including phenoxy) is 1. The number of hydrogen-bond acceptors (Lipinski definition) is 3. The number of aromatic amines is 1. The van der Waals surface area contributed by atoms with Crippen LogP contribution in [0.2, 0.25) is 0 Å². The number of fused-ring (bicyclic) bond motifs is 1. The second kappa shape index (κ2) is 5.24. The van der Waals surface area contributed by atoms with Crippen molar-refractivity contribution in [3.05, 3.63) is 26.7 Å². The number of nitrogens with zero attached hydrogens (tertiary/aromatic N) is 3. The van der Waals surface area contributed by atoms with Crippen LogP contribution in [0.3, 0.4) is 0 Å². The first-order chi connectivity index (χ1) is 9.40. The fourth-order valence-corrected chi connectivity index (χ4v) is 2.50. The minimum Gasteiger partial charge on any atom is -0.377 e. The minimum atomic E-state index is -0.339. The summed E-state index contributed by atoms with van der Waals surface area (Å²) in [5.41, 5.74) is 0.405. The number of H-pyrrole nitrogens is 1. The third-order valence-electron chi connectivity index (χ3n) is 3.55. The van der Waals surface area contributed by atoms with Gasteiger partial charge in [-0.3, -0.25) is 13.9 Å². The maximum absolute atomic E-state index is 12.4. The first kappa shape index (κ1) is 14.5. The molecule has 1 atom stereocenters. The maximum atomic E-state index is 12.4. The van der Waals surface area contributed by atoms with Crippen LogP contribution in [0, 0.1) is 6.92 Å². The van der Waals surface area contributed by atoms with Gasteiger partial charge in [-0.2, -0.15) is 0 Å². The van der Waals surface area contributed by atoms with Crippen molar-refractivity contribution in [3.8, 4) is 0 Å². The zero-order valence-corrected chi connectivity index (χ0v) is 12.6. The Kier molecular flexibility index (Phi) is 3.80. The van der Waals surface area contributed by atoms with E-state index < -0.39 is 0 Å². The van der Waals surface area contributed by atoms with Gasteiger partial charge in [0.25, 0.3) is 17.0 Å². The van der Waals surface area contributed by atoms with E-state index in [1.54, 1.807) is 7.05 Å². The van der Waals surface area contributed by atoms with Gasteiger partial charge in [0.15, 0.2) is 0 Å². The Morgan fingerprint density at radius 3 is 2.55 bits per heavy atom. The molecule has 1 N–H and O–H groups in total. The summed E-state index contributed by atoms with van der Waals surface area (Å²) in [7, 11) is 3.14. The van der Waals surface area contributed by atoms with Gasteiger partial charge in [-0.05, 0) is 13.8 Å². The van der Waals surface area contributed by atoms with E-state index in [0.717, 1.165) is 10.4 Å².